The molecule has 0 unspecified atom stereocenters. The lowest BCUT2D eigenvalue weighted by Gasteiger charge is -2.11. The second-order valence-corrected chi connectivity index (χ2v) is 9.79. The average molecular weight is 500 g/mol. The van der Waals surface area contributed by atoms with Gasteiger partial charge < -0.3 is 9.84 Å². The highest BCUT2D eigenvalue weighted by Gasteiger charge is 2.30. The Kier molecular flexibility index (Phi) is 7.50. The molecule has 0 saturated carbocycles. The number of alkyl halides is 3. The van der Waals surface area contributed by atoms with Crippen LogP contribution in [-0.4, -0.2) is 32.2 Å². The Hall–Kier alpha value is -2.83. The van der Waals surface area contributed by atoms with Crippen molar-refractivity contribution in [1.82, 2.24) is 9.88 Å². The smallest absolute Gasteiger partial charge is 0.361 e. The molecule has 0 aliphatic carbocycles. The fraction of sp³-hybridized carbons (Fsp3) is 0.238. The van der Waals surface area contributed by atoms with Crippen LogP contribution in [0, 0.1) is 13.8 Å². The van der Waals surface area contributed by atoms with Crippen molar-refractivity contribution in [3.63, 3.8) is 0 Å². The van der Waals surface area contributed by atoms with Crippen LogP contribution in [0.2, 0.25) is 0 Å². The normalized spacial score (nSPS) is 12.0. The maximum absolute atomic E-state index is 12.8. The number of carbonyl (C=O) groups excluding carboxylic acids is 1. The topological polar surface area (TPSA) is 101 Å². The molecule has 1 aromatic heterocycles. The molecule has 1 heterocycles. The summed E-state index contributed by atoms with van der Waals surface area (Å²) < 4.78 is 67.5. The third-order valence-electron chi connectivity index (χ3n) is 4.57. The zero-order chi connectivity index (χ0) is 24.2. The van der Waals surface area contributed by atoms with Crippen LogP contribution < -0.4 is 10.0 Å². The van der Waals surface area contributed by atoms with Crippen molar-refractivity contribution in [2.24, 2.45) is 0 Å². The van der Waals surface area contributed by atoms with Gasteiger partial charge in [0.05, 0.1) is 16.2 Å². The van der Waals surface area contributed by atoms with Gasteiger partial charge in [-0.1, -0.05) is 17.3 Å². The monoisotopic (exact) mass is 499 g/mol. The molecule has 0 aliphatic heterocycles. The summed E-state index contributed by atoms with van der Waals surface area (Å²) in [5.41, 5.74) is 2.44. The van der Waals surface area contributed by atoms with Crippen LogP contribution in [-0.2, 0) is 15.8 Å². The van der Waals surface area contributed by atoms with E-state index in [1.165, 1.54) is 28.6 Å². The molecule has 3 rings (SSSR count). The number of aryl methyl sites for hydroxylation is 2. The molecule has 176 valence electrons. The number of halogens is 3. The van der Waals surface area contributed by atoms with Crippen molar-refractivity contribution in [3.05, 3.63) is 71.1 Å². The minimum Gasteiger partial charge on any atom is -0.361 e. The predicted molar refractivity (Wildman–Crippen MR) is 118 cm³/mol. The van der Waals surface area contributed by atoms with E-state index in [4.69, 9.17) is 4.52 Å². The van der Waals surface area contributed by atoms with Crippen molar-refractivity contribution < 1.29 is 30.9 Å². The van der Waals surface area contributed by atoms with Crippen LogP contribution in [0.5, 0.6) is 0 Å². The largest absolute Gasteiger partial charge is 0.402 e. The third-order valence-corrected chi connectivity index (χ3v) is 7.09. The minimum atomic E-state index is -4.67. The van der Waals surface area contributed by atoms with Crippen molar-refractivity contribution >= 4 is 33.4 Å². The van der Waals surface area contributed by atoms with E-state index in [0.717, 1.165) is 28.3 Å². The molecular weight excluding hydrogens is 479 g/mol. The quantitative estimate of drug-likeness (QED) is 0.437. The first kappa shape index (κ1) is 24.8. The molecule has 0 saturated heterocycles. The lowest BCUT2D eigenvalue weighted by atomic mass is 10.2. The summed E-state index contributed by atoms with van der Waals surface area (Å²) in [4.78, 5) is 13.2. The Morgan fingerprint density at radius 3 is 2.36 bits per heavy atom. The summed E-state index contributed by atoms with van der Waals surface area (Å²) in [5.74, 6) is 0.854. The summed E-state index contributed by atoms with van der Waals surface area (Å²) >= 11 is 1.44. The van der Waals surface area contributed by atoms with Gasteiger partial charge in [0.15, 0.2) is 0 Å². The van der Waals surface area contributed by atoms with Crippen LogP contribution in [0.1, 0.15) is 27.4 Å². The Morgan fingerprint density at radius 2 is 1.76 bits per heavy atom. The summed E-state index contributed by atoms with van der Waals surface area (Å²) in [5, 5.41) is 6.59. The third kappa shape index (κ3) is 6.59. The Labute approximate surface area is 192 Å². The highest BCUT2D eigenvalue weighted by Crippen LogP contribution is 2.29. The van der Waals surface area contributed by atoms with Gasteiger partial charge in [0.1, 0.15) is 12.3 Å². The minimum absolute atomic E-state index is 0.292. The molecule has 1 amide bonds. The maximum atomic E-state index is 12.8. The van der Waals surface area contributed by atoms with E-state index >= 15 is 0 Å². The van der Waals surface area contributed by atoms with Crippen LogP contribution in [0.15, 0.2) is 62.8 Å². The number of hydrogen-bond donors (Lipinski definition) is 2. The zero-order valence-corrected chi connectivity index (χ0v) is 19.2. The Morgan fingerprint density at radius 1 is 1.09 bits per heavy atom. The highest BCUT2D eigenvalue weighted by atomic mass is 32.2. The van der Waals surface area contributed by atoms with Gasteiger partial charge in [-0.25, -0.2) is 13.1 Å². The van der Waals surface area contributed by atoms with Gasteiger partial charge in [0, 0.05) is 21.9 Å². The fourth-order valence-electron chi connectivity index (χ4n) is 2.81. The van der Waals surface area contributed by atoms with E-state index in [0.29, 0.717) is 22.8 Å². The first-order valence-electron chi connectivity index (χ1n) is 9.58. The number of anilines is 1. The number of aromatic nitrogens is 1. The molecule has 7 nitrogen and oxygen atoms in total. The number of thioether (sulfide) groups is 1. The van der Waals surface area contributed by atoms with Gasteiger partial charge >= 0.3 is 6.18 Å². The molecule has 2 N–H and O–H groups in total. The van der Waals surface area contributed by atoms with Crippen LogP contribution in [0.4, 0.5) is 18.9 Å². The molecule has 2 aromatic carbocycles. The number of carbonyl (C=O) groups is 1. The van der Waals surface area contributed by atoms with Crippen molar-refractivity contribution in [2.45, 2.75) is 35.6 Å². The van der Waals surface area contributed by atoms with Crippen molar-refractivity contribution in [3.8, 4) is 0 Å². The van der Waals surface area contributed by atoms with Gasteiger partial charge in [-0.3, -0.25) is 4.79 Å². The van der Waals surface area contributed by atoms with Crippen LogP contribution in [0.3, 0.4) is 0 Å². The molecule has 0 bridgehead atoms. The van der Waals surface area contributed by atoms with E-state index in [9.17, 15) is 26.4 Å². The van der Waals surface area contributed by atoms with Gasteiger partial charge in [0.25, 0.3) is 5.91 Å². The standard InChI is InChI=1S/C21H20F3N3O4S2/c1-13-18(14(2)31-27-13)11-32-19-6-4-3-5-17(19)20(28)26-15-7-9-16(10-8-15)33(29,30)25-12-21(22,23)24/h3-10,25H,11-12H2,1-2H3,(H,26,28). The van der Waals surface area contributed by atoms with E-state index in [-0.39, 0.29) is 4.90 Å². The molecule has 0 atom stereocenters. The second kappa shape index (κ2) is 9.98. The molecule has 12 heteroatoms. The number of amides is 1. The highest BCUT2D eigenvalue weighted by molar-refractivity contribution is 7.98. The molecule has 0 spiro atoms. The molecule has 33 heavy (non-hydrogen) atoms. The number of hydrogen-bond acceptors (Lipinski definition) is 6. The van der Waals surface area contributed by atoms with Gasteiger partial charge in [-0.2, -0.15) is 13.2 Å². The summed E-state index contributed by atoms with van der Waals surface area (Å²) in [6.07, 6.45) is -4.67. The lowest BCUT2D eigenvalue weighted by Crippen LogP contribution is -2.33. The van der Waals surface area contributed by atoms with Gasteiger partial charge in [-0.15, -0.1) is 11.8 Å². The van der Waals surface area contributed by atoms with Crippen LogP contribution in [0.25, 0.3) is 0 Å². The molecule has 0 fully saturated rings. The van der Waals surface area contributed by atoms with Gasteiger partial charge in [-0.05, 0) is 50.2 Å². The molecular formula is C21H20F3N3O4S2. The number of rotatable bonds is 8. The average Bonchev–Trinajstić information content (AvgIpc) is 3.08. The molecule has 3 aromatic rings. The zero-order valence-electron chi connectivity index (χ0n) is 17.6. The molecule has 0 radical (unpaired) electrons. The summed E-state index contributed by atoms with van der Waals surface area (Å²) in [6.45, 7) is 1.99. The fourth-order valence-corrected chi connectivity index (χ4v) is 5.03. The SMILES string of the molecule is Cc1noc(C)c1CSc1ccccc1C(=O)Nc1ccc(S(=O)(=O)NCC(F)(F)F)cc1. The molecule has 0 aliphatic rings. The second-order valence-electron chi connectivity index (χ2n) is 7.01. The first-order valence-corrected chi connectivity index (χ1v) is 12.0. The summed E-state index contributed by atoms with van der Waals surface area (Å²) in [6, 6.07) is 11.8. The Bertz CT molecular complexity index is 1220. The Balaban J connectivity index is 1.69. The first-order chi connectivity index (χ1) is 15.5. The van der Waals surface area contributed by atoms with E-state index < -0.39 is 28.7 Å². The summed E-state index contributed by atoms with van der Waals surface area (Å²) in [7, 11) is -4.33. The number of nitrogens with zero attached hydrogens (tertiary/aromatic N) is 1. The van der Waals surface area contributed by atoms with Crippen LogP contribution >= 0.6 is 11.8 Å². The number of nitrogens with one attached hydrogen (secondary N) is 2. The van der Waals surface area contributed by atoms with E-state index in [1.807, 2.05) is 13.8 Å². The number of sulfonamides is 1. The number of benzene rings is 2. The van der Waals surface area contributed by atoms with E-state index in [2.05, 4.69) is 10.5 Å². The van der Waals surface area contributed by atoms with Crippen molar-refractivity contribution in [1.29, 1.82) is 0 Å². The van der Waals surface area contributed by atoms with Gasteiger partial charge in [0.2, 0.25) is 10.0 Å². The maximum Gasteiger partial charge on any atom is 0.402 e. The van der Waals surface area contributed by atoms with Crippen molar-refractivity contribution in [2.75, 3.05) is 11.9 Å². The lowest BCUT2D eigenvalue weighted by molar-refractivity contribution is -0.121. The predicted octanol–water partition coefficient (Wildman–Crippen LogP) is 4.68. The van der Waals surface area contributed by atoms with E-state index in [1.54, 1.807) is 24.3 Å².